The molecule has 1 saturated carbocycles. The minimum absolute atomic E-state index is 0.712. The number of nitrogens with one attached hydrogen (secondary N) is 1. The van der Waals surface area contributed by atoms with Gasteiger partial charge in [-0.1, -0.05) is 19.3 Å². The molecule has 1 aromatic rings. The lowest BCUT2D eigenvalue weighted by Crippen LogP contribution is -2.06. The lowest BCUT2D eigenvalue weighted by atomic mass is 9.86. The number of hydrogen-bond donors (Lipinski definition) is 2. The number of aromatic nitrogens is 2. The maximum atomic E-state index is 4.72. The Kier molecular flexibility index (Phi) is 3.73. The van der Waals surface area contributed by atoms with Crippen molar-refractivity contribution in [1.82, 2.24) is 9.97 Å². The molecule has 0 amide bonds. The molecule has 1 heterocycles. The third-order valence-corrected chi connectivity index (χ3v) is 3.54. The minimum atomic E-state index is 0.712. The Bertz CT molecular complexity index is 313. The van der Waals surface area contributed by atoms with E-state index in [1.165, 1.54) is 43.5 Å². The van der Waals surface area contributed by atoms with Gasteiger partial charge in [0.15, 0.2) is 0 Å². The van der Waals surface area contributed by atoms with Crippen LogP contribution in [0.4, 0.5) is 0 Å². The van der Waals surface area contributed by atoms with E-state index in [0.29, 0.717) is 5.92 Å². The summed E-state index contributed by atoms with van der Waals surface area (Å²) in [5, 5.41) is 0. The highest BCUT2D eigenvalue weighted by atomic mass is 32.1. The summed E-state index contributed by atoms with van der Waals surface area (Å²) in [6, 6.07) is 0. The Morgan fingerprint density at radius 1 is 1.33 bits per heavy atom. The van der Waals surface area contributed by atoms with Crippen LogP contribution in [-0.4, -0.2) is 15.7 Å². The van der Waals surface area contributed by atoms with Gasteiger partial charge in [0.05, 0.1) is 5.69 Å². The van der Waals surface area contributed by atoms with Gasteiger partial charge in [0.2, 0.25) is 0 Å². The summed E-state index contributed by atoms with van der Waals surface area (Å²) in [6.07, 6.45) is 7.76. The third-order valence-electron chi connectivity index (χ3n) is 3.31. The van der Waals surface area contributed by atoms with Gasteiger partial charge in [-0.15, -0.1) is 0 Å². The van der Waals surface area contributed by atoms with Crippen molar-refractivity contribution in [1.29, 1.82) is 0 Å². The molecular weight excluding hydrogens is 204 g/mol. The van der Waals surface area contributed by atoms with E-state index in [0.717, 1.165) is 18.0 Å². The number of hydrogen-bond acceptors (Lipinski definition) is 2. The van der Waals surface area contributed by atoms with Crippen LogP contribution in [0.2, 0.25) is 0 Å². The zero-order chi connectivity index (χ0) is 10.7. The monoisotopic (exact) mass is 224 g/mol. The maximum Gasteiger partial charge on any atom is 0.107 e. The van der Waals surface area contributed by atoms with Gasteiger partial charge in [-0.25, -0.2) is 4.98 Å². The molecule has 0 saturated heterocycles. The van der Waals surface area contributed by atoms with Crippen molar-refractivity contribution >= 4 is 12.6 Å². The highest BCUT2D eigenvalue weighted by Crippen LogP contribution is 2.33. The van der Waals surface area contributed by atoms with E-state index in [4.69, 9.17) is 4.98 Å². The largest absolute Gasteiger partial charge is 0.346 e. The standard InChI is InChI=1S/C12H20N2S/c1-9-12(10-5-3-2-4-6-10)14-11(13-9)7-8-15/h10,15H,2-8H2,1H3,(H,13,14). The van der Waals surface area contributed by atoms with Gasteiger partial charge in [-0.2, -0.15) is 12.6 Å². The summed E-state index contributed by atoms with van der Waals surface area (Å²) in [5.74, 6) is 2.70. The summed E-state index contributed by atoms with van der Waals surface area (Å²) in [7, 11) is 0. The van der Waals surface area contributed by atoms with Gasteiger partial charge in [0.25, 0.3) is 0 Å². The van der Waals surface area contributed by atoms with E-state index < -0.39 is 0 Å². The van der Waals surface area contributed by atoms with E-state index in [-0.39, 0.29) is 0 Å². The van der Waals surface area contributed by atoms with Gasteiger partial charge in [-0.05, 0) is 25.5 Å². The fraction of sp³-hybridized carbons (Fsp3) is 0.750. The molecule has 0 spiro atoms. The van der Waals surface area contributed by atoms with Crippen LogP contribution in [-0.2, 0) is 6.42 Å². The molecule has 0 aliphatic heterocycles. The molecule has 0 atom stereocenters. The number of imidazole rings is 1. The number of aryl methyl sites for hydroxylation is 2. The molecular formula is C12H20N2S. The van der Waals surface area contributed by atoms with E-state index >= 15 is 0 Å². The van der Waals surface area contributed by atoms with E-state index in [1.807, 2.05) is 0 Å². The number of aromatic amines is 1. The summed E-state index contributed by atoms with van der Waals surface area (Å²) < 4.78 is 0. The predicted molar refractivity (Wildman–Crippen MR) is 66.7 cm³/mol. The molecule has 0 radical (unpaired) electrons. The molecule has 1 N–H and O–H groups in total. The first-order valence-electron chi connectivity index (χ1n) is 5.97. The first-order valence-corrected chi connectivity index (χ1v) is 6.60. The number of H-pyrrole nitrogens is 1. The summed E-state index contributed by atoms with van der Waals surface area (Å²) in [5.41, 5.74) is 2.60. The van der Waals surface area contributed by atoms with Crippen LogP contribution in [0.1, 0.15) is 55.2 Å². The summed E-state index contributed by atoms with van der Waals surface area (Å²) >= 11 is 4.24. The average molecular weight is 224 g/mol. The Morgan fingerprint density at radius 3 is 2.73 bits per heavy atom. The molecule has 84 valence electrons. The van der Waals surface area contributed by atoms with Crippen molar-refractivity contribution in [2.24, 2.45) is 0 Å². The second-order valence-corrected chi connectivity index (χ2v) is 4.95. The normalized spacial score (nSPS) is 18.3. The smallest absolute Gasteiger partial charge is 0.107 e. The highest BCUT2D eigenvalue weighted by Gasteiger charge is 2.20. The van der Waals surface area contributed by atoms with Crippen molar-refractivity contribution in [2.45, 2.75) is 51.4 Å². The zero-order valence-corrected chi connectivity index (χ0v) is 10.3. The Balaban J connectivity index is 2.11. The maximum absolute atomic E-state index is 4.72. The molecule has 15 heavy (non-hydrogen) atoms. The molecule has 0 bridgehead atoms. The zero-order valence-electron chi connectivity index (χ0n) is 9.42. The van der Waals surface area contributed by atoms with E-state index in [9.17, 15) is 0 Å². The van der Waals surface area contributed by atoms with Crippen LogP contribution in [0.5, 0.6) is 0 Å². The topological polar surface area (TPSA) is 28.7 Å². The molecule has 1 aliphatic carbocycles. The van der Waals surface area contributed by atoms with Crippen LogP contribution in [0.3, 0.4) is 0 Å². The predicted octanol–water partition coefficient (Wildman–Crippen LogP) is 3.24. The lowest BCUT2D eigenvalue weighted by Gasteiger charge is -2.20. The van der Waals surface area contributed by atoms with Gasteiger partial charge < -0.3 is 4.98 Å². The number of nitrogens with zero attached hydrogens (tertiary/aromatic N) is 1. The second-order valence-electron chi connectivity index (χ2n) is 4.50. The van der Waals surface area contributed by atoms with Crippen molar-refractivity contribution in [3.63, 3.8) is 0 Å². The molecule has 0 unspecified atom stereocenters. The van der Waals surface area contributed by atoms with Gasteiger partial charge >= 0.3 is 0 Å². The van der Waals surface area contributed by atoms with Crippen molar-refractivity contribution in [3.05, 3.63) is 17.2 Å². The first kappa shape index (κ1) is 11.1. The fourth-order valence-electron chi connectivity index (χ4n) is 2.54. The van der Waals surface area contributed by atoms with Crippen molar-refractivity contribution < 1.29 is 0 Å². The second kappa shape index (κ2) is 5.06. The fourth-order valence-corrected chi connectivity index (χ4v) is 2.75. The van der Waals surface area contributed by atoms with Crippen LogP contribution in [0.15, 0.2) is 0 Å². The Labute approximate surface area is 97.3 Å². The summed E-state index contributed by atoms with van der Waals surface area (Å²) in [6.45, 7) is 2.15. The van der Waals surface area contributed by atoms with Gasteiger partial charge in [0, 0.05) is 18.0 Å². The highest BCUT2D eigenvalue weighted by molar-refractivity contribution is 7.80. The average Bonchev–Trinajstić information content (AvgIpc) is 2.61. The van der Waals surface area contributed by atoms with E-state index in [1.54, 1.807) is 0 Å². The molecule has 1 aromatic heterocycles. The van der Waals surface area contributed by atoms with Crippen LogP contribution in [0.25, 0.3) is 0 Å². The molecule has 1 fully saturated rings. The molecule has 2 rings (SSSR count). The molecule has 0 aromatic carbocycles. The molecule has 2 nitrogen and oxygen atoms in total. The van der Waals surface area contributed by atoms with Crippen molar-refractivity contribution in [2.75, 3.05) is 5.75 Å². The summed E-state index contributed by atoms with van der Waals surface area (Å²) in [4.78, 5) is 8.10. The quantitative estimate of drug-likeness (QED) is 0.758. The van der Waals surface area contributed by atoms with Crippen LogP contribution >= 0.6 is 12.6 Å². The minimum Gasteiger partial charge on any atom is -0.346 e. The third kappa shape index (κ3) is 2.57. The van der Waals surface area contributed by atoms with Gasteiger partial charge in [-0.3, -0.25) is 0 Å². The first-order chi connectivity index (χ1) is 7.31. The number of thiol groups is 1. The Hall–Kier alpha value is -0.440. The lowest BCUT2D eigenvalue weighted by molar-refractivity contribution is 0.436. The molecule has 1 aliphatic rings. The van der Waals surface area contributed by atoms with Gasteiger partial charge in [0.1, 0.15) is 5.82 Å². The van der Waals surface area contributed by atoms with Crippen LogP contribution in [0, 0.1) is 6.92 Å². The number of rotatable bonds is 3. The molecule has 3 heteroatoms. The SMILES string of the molecule is Cc1[nH]c(CCS)nc1C1CCCCC1. The van der Waals surface area contributed by atoms with Crippen LogP contribution < -0.4 is 0 Å². The Morgan fingerprint density at radius 2 is 2.07 bits per heavy atom. The van der Waals surface area contributed by atoms with E-state index in [2.05, 4.69) is 24.5 Å². The van der Waals surface area contributed by atoms with Crippen molar-refractivity contribution in [3.8, 4) is 0 Å².